The van der Waals surface area contributed by atoms with Crippen LogP contribution in [0, 0.1) is 0 Å². The van der Waals surface area contributed by atoms with E-state index in [1.54, 1.807) is 19.1 Å². The van der Waals surface area contributed by atoms with Crippen LogP contribution < -0.4 is 0 Å². The normalized spacial score (nSPS) is 11.5. The highest BCUT2D eigenvalue weighted by Gasteiger charge is 2.01. The van der Waals surface area contributed by atoms with E-state index < -0.39 is 0 Å². The second-order valence-corrected chi connectivity index (χ2v) is 3.42. The van der Waals surface area contributed by atoms with Crippen LogP contribution in [-0.2, 0) is 6.42 Å². The van der Waals surface area contributed by atoms with Crippen LogP contribution in [0.4, 0.5) is 0 Å². The standard InChI is InChI=1S/C12H14O3/c1-9(7-13)2-4-11-6-10(8-14)3-5-12(11)15/h2-3,5-6,8,13,15H,4,7H2,1H3/b9-2-. The molecule has 0 heterocycles. The number of rotatable bonds is 4. The topological polar surface area (TPSA) is 57.5 Å². The zero-order valence-electron chi connectivity index (χ0n) is 8.60. The Morgan fingerprint density at radius 3 is 2.80 bits per heavy atom. The number of carbonyl (C=O) groups excluding carboxylic acids is 1. The van der Waals surface area contributed by atoms with Crippen LogP contribution in [0.1, 0.15) is 22.8 Å². The molecule has 15 heavy (non-hydrogen) atoms. The molecular weight excluding hydrogens is 192 g/mol. The molecule has 1 aromatic carbocycles. The number of phenols is 1. The molecule has 0 bridgehead atoms. The minimum absolute atomic E-state index is 0.00807. The van der Waals surface area contributed by atoms with Crippen molar-refractivity contribution >= 4 is 6.29 Å². The predicted molar refractivity (Wildman–Crippen MR) is 58.0 cm³/mol. The van der Waals surface area contributed by atoms with E-state index in [4.69, 9.17) is 5.11 Å². The van der Waals surface area contributed by atoms with Gasteiger partial charge in [-0.2, -0.15) is 0 Å². The van der Waals surface area contributed by atoms with Crippen LogP contribution in [-0.4, -0.2) is 23.1 Å². The van der Waals surface area contributed by atoms with Gasteiger partial charge in [-0.15, -0.1) is 0 Å². The first-order valence-corrected chi connectivity index (χ1v) is 4.71. The molecule has 0 spiro atoms. The van der Waals surface area contributed by atoms with Crippen molar-refractivity contribution in [2.24, 2.45) is 0 Å². The quantitative estimate of drug-likeness (QED) is 0.582. The van der Waals surface area contributed by atoms with Gasteiger partial charge in [0.2, 0.25) is 0 Å². The molecule has 0 unspecified atom stereocenters. The maximum atomic E-state index is 10.5. The van der Waals surface area contributed by atoms with Gasteiger partial charge < -0.3 is 10.2 Å². The summed E-state index contributed by atoms with van der Waals surface area (Å²) in [5, 5.41) is 18.3. The van der Waals surface area contributed by atoms with E-state index in [1.165, 1.54) is 6.07 Å². The lowest BCUT2D eigenvalue weighted by molar-refractivity contribution is 0.112. The number of hydrogen-bond donors (Lipinski definition) is 2. The van der Waals surface area contributed by atoms with Crippen molar-refractivity contribution in [3.63, 3.8) is 0 Å². The van der Waals surface area contributed by atoms with Gasteiger partial charge >= 0.3 is 0 Å². The van der Waals surface area contributed by atoms with Gasteiger partial charge in [-0.05, 0) is 37.1 Å². The highest BCUT2D eigenvalue weighted by atomic mass is 16.3. The van der Waals surface area contributed by atoms with Crippen LogP contribution >= 0.6 is 0 Å². The van der Waals surface area contributed by atoms with Crippen molar-refractivity contribution < 1.29 is 15.0 Å². The second-order valence-electron chi connectivity index (χ2n) is 3.42. The zero-order chi connectivity index (χ0) is 11.3. The van der Waals surface area contributed by atoms with Gasteiger partial charge in [-0.25, -0.2) is 0 Å². The van der Waals surface area contributed by atoms with Gasteiger partial charge in [-0.3, -0.25) is 4.79 Å². The summed E-state index contributed by atoms with van der Waals surface area (Å²) in [4.78, 5) is 10.5. The Morgan fingerprint density at radius 1 is 1.47 bits per heavy atom. The van der Waals surface area contributed by atoms with Crippen LogP contribution in [0.3, 0.4) is 0 Å². The Bertz CT molecular complexity index is 380. The van der Waals surface area contributed by atoms with Gasteiger partial charge in [0, 0.05) is 5.56 Å². The molecule has 0 saturated carbocycles. The Labute approximate surface area is 88.7 Å². The largest absolute Gasteiger partial charge is 0.508 e. The predicted octanol–water partition coefficient (Wildman–Crippen LogP) is 1.69. The molecule has 1 aromatic rings. The molecule has 2 N–H and O–H groups in total. The molecule has 0 aliphatic carbocycles. The summed E-state index contributed by atoms with van der Waals surface area (Å²) >= 11 is 0. The summed E-state index contributed by atoms with van der Waals surface area (Å²) in [5.41, 5.74) is 2.07. The van der Waals surface area contributed by atoms with Gasteiger partial charge in [-0.1, -0.05) is 11.6 Å². The zero-order valence-corrected chi connectivity index (χ0v) is 8.60. The summed E-state index contributed by atoms with van der Waals surface area (Å²) in [6.07, 6.45) is 3.08. The number of carbonyl (C=O) groups is 1. The lowest BCUT2D eigenvalue weighted by atomic mass is 10.1. The molecular formula is C12H14O3. The third kappa shape index (κ3) is 3.22. The highest BCUT2D eigenvalue weighted by molar-refractivity contribution is 5.75. The van der Waals surface area contributed by atoms with Crippen molar-refractivity contribution in [1.82, 2.24) is 0 Å². The summed E-state index contributed by atoms with van der Waals surface area (Å²) in [7, 11) is 0. The molecule has 0 aliphatic rings. The van der Waals surface area contributed by atoms with Crippen molar-refractivity contribution in [2.75, 3.05) is 6.61 Å². The number of allylic oxidation sites excluding steroid dienone is 1. The number of phenolic OH excluding ortho intramolecular Hbond substituents is 1. The van der Waals surface area contributed by atoms with Crippen LogP contribution in [0.2, 0.25) is 0 Å². The summed E-state index contributed by atoms with van der Waals surface area (Å²) in [5.74, 6) is 0.169. The third-order valence-corrected chi connectivity index (χ3v) is 2.16. The van der Waals surface area contributed by atoms with Crippen LogP contribution in [0.25, 0.3) is 0 Å². The van der Waals surface area contributed by atoms with E-state index in [0.29, 0.717) is 17.5 Å². The molecule has 0 aliphatic heterocycles. The molecule has 0 aromatic heterocycles. The number of benzene rings is 1. The summed E-state index contributed by atoms with van der Waals surface area (Å²) in [6.45, 7) is 1.81. The molecule has 0 amide bonds. The monoisotopic (exact) mass is 206 g/mol. The Hall–Kier alpha value is -1.61. The molecule has 80 valence electrons. The van der Waals surface area contributed by atoms with Gasteiger partial charge in [0.05, 0.1) is 6.61 Å². The molecule has 3 heteroatoms. The maximum Gasteiger partial charge on any atom is 0.150 e. The smallest absolute Gasteiger partial charge is 0.150 e. The fraction of sp³-hybridized carbons (Fsp3) is 0.250. The SMILES string of the molecule is C/C(=C/Cc1cc(C=O)ccc1O)CO. The first-order chi connectivity index (χ1) is 7.17. The van der Waals surface area contributed by atoms with Gasteiger partial charge in [0.25, 0.3) is 0 Å². The fourth-order valence-electron chi connectivity index (χ4n) is 1.19. The minimum atomic E-state index is 0.00807. The molecule has 0 saturated heterocycles. The summed E-state index contributed by atoms with van der Waals surface area (Å²) in [6, 6.07) is 4.71. The number of aromatic hydroxyl groups is 1. The molecule has 0 radical (unpaired) electrons. The number of aldehydes is 1. The minimum Gasteiger partial charge on any atom is -0.508 e. The van der Waals surface area contributed by atoms with E-state index in [9.17, 15) is 9.90 Å². The van der Waals surface area contributed by atoms with E-state index in [2.05, 4.69) is 0 Å². The number of aliphatic hydroxyl groups is 1. The molecule has 0 fully saturated rings. The first kappa shape index (κ1) is 11.5. The van der Waals surface area contributed by atoms with Crippen molar-refractivity contribution in [3.8, 4) is 5.75 Å². The lowest BCUT2D eigenvalue weighted by Crippen LogP contribution is -1.90. The Balaban J connectivity index is 2.88. The van der Waals surface area contributed by atoms with Crippen LogP contribution in [0.5, 0.6) is 5.75 Å². The van der Waals surface area contributed by atoms with Crippen LogP contribution in [0.15, 0.2) is 29.8 Å². The molecule has 3 nitrogen and oxygen atoms in total. The number of hydrogen-bond acceptors (Lipinski definition) is 3. The third-order valence-electron chi connectivity index (χ3n) is 2.16. The summed E-state index contributed by atoms with van der Waals surface area (Å²) < 4.78 is 0. The van der Waals surface area contributed by atoms with E-state index in [-0.39, 0.29) is 12.4 Å². The Kier molecular flexibility index (Phi) is 4.06. The van der Waals surface area contributed by atoms with E-state index >= 15 is 0 Å². The number of aliphatic hydroxyl groups excluding tert-OH is 1. The fourth-order valence-corrected chi connectivity index (χ4v) is 1.19. The average Bonchev–Trinajstić information content (AvgIpc) is 2.27. The maximum absolute atomic E-state index is 10.5. The Morgan fingerprint density at radius 2 is 2.20 bits per heavy atom. The van der Waals surface area contributed by atoms with Crippen molar-refractivity contribution in [1.29, 1.82) is 0 Å². The van der Waals surface area contributed by atoms with Crippen molar-refractivity contribution in [3.05, 3.63) is 41.0 Å². The van der Waals surface area contributed by atoms with Crippen molar-refractivity contribution in [2.45, 2.75) is 13.3 Å². The molecule has 0 atom stereocenters. The molecule has 1 rings (SSSR count). The van der Waals surface area contributed by atoms with Gasteiger partial charge in [0.15, 0.2) is 0 Å². The first-order valence-electron chi connectivity index (χ1n) is 4.71. The van der Waals surface area contributed by atoms with E-state index in [0.717, 1.165) is 11.9 Å². The van der Waals surface area contributed by atoms with Gasteiger partial charge in [0.1, 0.15) is 12.0 Å². The average molecular weight is 206 g/mol. The van der Waals surface area contributed by atoms with E-state index in [1.807, 2.05) is 6.08 Å². The second kappa shape index (κ2) is 5.32. The lowest BCUT2D eigenvalue weighted by Gasteiger charge is -2.03. The highest BCUT2D eigenvalue weighted by Crippen LogP contribution is 2.19.